The van der Waals surface area contributed by atoms with Gasteiger partial charge in [-0.05, 0) is 24.1 Å². The van der Waals surface area contributed by atoms with Crippen molar-refractivity contribution in [2.45, 2.75) is 19.4 Å². The number of hydrogen-bond donors (Lipinski definition) is 2. The number of nitrogens with two attached hydrogens (primary N) is 1. The zero-order valence-corrected chi connectivity index (χ0v) is 7.81. The van der Waals surface area contributed by atoms with Gasteiger partial charge in [-0.15, -0.1) is 0 Å². The van der Waals surface area contributed by atoms with Gasteiger partial charge < -0.3 is 0 Å². The largest absolute Gasteiger partial charge is 0.271 e. The van der Waals surface area contributed by atoms with Gasteiger partial charge in [-0.3, -0.25) is 11.3 Å². The van der Waals surface area contributed by atoms with Crippen molar-refractivity contribution in [2.24, 2.45) is 5.84 Å². The first-order valence-electron chi connectivity index (χ1n) is 3.99. The summed E-state index contributed by atoms with van der Waals surface area (Å²) >= 11 is 5.83. The molecule has 12 heavy (non-hydrogen) atoms. The molecule has 0 bridgehead atoms. The van der Waals surface area contributed by atoms with E-state index in [4.69, 9.17) is 17.4 Å². The highest BCUT2D eigenvalue weighted by atomic mass is 35.5. The predicted molar refractivity (Wildman–Crippen MR) is 51.8 cm³/mol. The van der Waals surface area contributed by atoms with Gasteiger partial charge in [-0.25, -0.2) is 0 Å². The molecule has 0 aliphatic rings. The maximum absolute atomic E-state index is 5.83. The van der Waals surface area contributed by atoms with Crippen molar-refractivity contribution in [3.05, 3.63) is 34.9 Å². The van der Waals surface area contributed by atoms with Crippen LogP contribution in [-0.4, -0.2) is 0 Å². The van der Waals surface area contributed by atoms with Crippen LogP contribution in [0.15, 0.2) is 24.3 Å². The van der Waals surface area contributed by atoms with E-state index >= 15 is 0 Å². The summed E-state index contributed by atoms with van der Waals surface area (Å²) in [6.07, 6.45) is 0.955. The molecule has 3 N–H and O–H groups in total. The molecule has 0 saturated carbocycles. The molecule has 0 radical (unpaired) electrons. The van der Waals surface area contributed by atoms with Gasteiger partial charge in [0.05, 0.1) is 0 Å². The number of hydrazine groups is 1. The van der Waals surface area contributed by atoms with Crippen molar-refractivity contribution in [3.8, 4) is 0 Å². The Morgan fingerprint density at radius 2 is 2.33 bits per heavy atom. The number of rotatable bonds is 3. The summed E-state index contributed by atoms with van der Waals surface area (Å²) in [4.78, 5) is 0. The van der Waals surface area contributed by atoms with Gasteiger partial charge in [0.25, 0.3) is 0 Å². The normalized spacial score (nSPS) is 12.9. The molecular formula is C9H13ClN2. The molecule has 1 aromatic carbocycles. The van der Waals surface area contributed by atoms with E-state index in [2.05, 4.69) is 12.3 Å². The summed E-state index contributed by atoms with van der Waals surface area (Å²) in [5, 5.41) is 0.751. The van der Waals surface area contributed by atoms with Gasteiger partial charge in [0.1, 0.15) is 0 Å². The third kappa shape index (κ3) is 2.21. The van der Waals surface area contributed by atoms with Crippen molar-refractivity contribution in [1.82, 2.24) is 5.43 Å². The second-order valence-corrected chi connectivity index (χ2v) is 3.12. The van der Waals surface area contributed by atoms with Crippen molar-refractivity contribution in [2.75, 3.05) is 0 Å². The third-order valence-electron chi connectivity index (χ3n) is 1.86. The average molecular weight is 185 g/mol. The SMILES string of the molecule is CC[C@H](NN)c1cccc(Cl)c1. The minimum absolute atomic E-state index is 0.198. The summed E-state index contributed by atoms with van der Waals surface area (Å²) in [5.41, 5.74) is 3.87. The van der Waals surface area contributed by atoms with E-state index in [-0.39, 0.29) is 6.04 Å². The monoisotopic (exact) mass is 184 g/mol. The van der Waals surface area contributed by atoms with Crippen molar-refractivity contribution < 1.29 is 0 Å². The predicted octanol–water partition coefficient (Wildman–Crippen LogP) is 2.25. The molecule has 0 unspecified atom stereocenters. The van der Waals surface area contributed by atoms with E-state index in [1.165, 1.54) is 0 Å². The minimum atomic E-state index is 0.198. The topological polar surface area (TPSA) is 38.0 Å². The van der Waals surface area contributed by atoms with Crippen LogP contribution in [0.2, 0.25) is 5.02 Å². The van der Waals surface area contributed by atoms with Gasteiger partial charge in [0, 0.05) is 11.1 Å². The minimum Gasteiger partial charge on any atom is -0.271 e. The molecule has 0 fully saturated rings. The molecule has 3 heteroatoms. The summed E-state index contributed by atoms with van der Waals surface area (Å²) in [6, 6.07) is 7.92. The van der Waals surface area contributed by atoms with Gasteiger partial charge in [-0.1, -0.05) is 30.7 Å². The summed E-state index contributed by atoms with van der Waals surface area (Å²) in [5.74, 6) is 5.37. The molecule has 0 amide bonds. The second kappa shape index (κ2) is 4.45. The lowest BCUT2D eigenvalue weighted by Crippen LogP contribution is -2.27. The Hall–Kier alpha value is -0.570. The zero-order chi connectivity index (χ0) is 8.97. The highest BCUT2D eigenvalue weighted by molar-refractivity contribution is 6.30. The van der Waals surface area contributed by atoms with Crippen LogP contribution in [0.3, 0.4) is 0 Å². The fourth-order valence-corrected chi connectivity index (χ4v) is 1.37. The molecule has 1 rings (SSSR count). The fourth-order valence-electron chi connectivity index (χ4n) is 1.17. The fraction of sp³-hybridized carbons (Fsp3) is 0.333. The molecule has 0 saturated heterocycles. The summed E-state index contributed by atoms with van der Waals surface area (Å²) in [6.45, 7) is 2.07. The lowest BCUT2D eigenvalue weighted by Gasteiger charge is -2.13. The lowest BCUT2D eigenvalue weighted by molar-refractivity contribution is 0.539. The Morgan fingerprint density at radius 1 is 1.58 bits per heavy atom. The van der Waals surface area contributed by atoms with Crippen LogP contribution >= 0.6 is 11.6 Å². The second-order valence-electron chi connectivity index (χ2n) is 2.68. The molecule has 0 aliphatic heterocycles. The first-order valence-corrected chi connectivity index (χ1v) is 4.37. The Bertz CT molecular complexity index is 246. The van der Waals surface area contributed by atoms with E-state index < -0.39 is 0 Å². The summed E-state index contributed by atoms with van der Waals surface area (Å²) in [7, 11) is 0. The average Bonchev–Trinajstić information content (AvgIpc) is 2.07. The van der Waals surface area contributed by atoms with Crippen LogP contribution in [-0.2, 0) is 0 Å². The van der Waals surface area contributed by atoms with Gasteiger partial charge in [-0.2, -0.15) is 0 Å². The Labute approximate surface area is 77.7 Å². The van der Waals surface area contributed by atoms with Crippen LogP contribution in [0.5, 0.6) is 0 Å². The molecule has 0 spiro atoms. The van der Waals surface area contributed by atoms with Crippen LogP contribution in [0, 0.1) is 0 Å². The van der Waals surface area contributed by atoms with Crippen molar-refractivity contribution >= 4 is 11.6 Å². The first-order chi connectivity index (χ1) is 5.77. The first kappa shape index (κ1) is 9.52. The molecular weight excluding hydrogens is 172 g/mol. The third-order valence-corrected chi connectivity index (χ3v) is 2.10. The Balaban J connectivity index is 2.85. The molecule has 1 atom stereocenters. The smallest absolute Gasteiger partial charge is 0.0457 e. The van der Waals surface area contributed by atoms with Crippen LogP contribution in [0.25, 0.3) is 0 Å². The lowest BCUT2D eigenvalue weighted by atomic mass is 10.1. The maximum atomic E-state index is 5.83. The van der Waals surface area contributed by atoms with Crippen LogP contribution in [0.1, 0.15) is 24.9 Å². The van der Waals surface area contributed by atoms with Crippen molar-refractivity contribution in [1.29, 1.82) is 0 Å². The molecule has 66 valence electrons. The van der Waals surface area contributed by atoms with Gasteiger partial charge in [0.15, 0.2) is 0 Å². The van der Waals surface area contributed by atoms with Gasteiger partial charge >= 0.3 is 0 Å². The summed E-state index contributed by atoms with van der Waals surface area (Å²) < 4.78 is 0. The molecule has 1 aromatic rings. The Morgan fingerprint density at radius 3 is 2.83 bits per heavy atom. The highest BCUT2D eigenvalue weighted by Gasteiger charge is 2.05. The van der Waals surface area contributed by atoms with E-state index in [9.17, 15) is 0 Å². The van der Waals surface area contributed by atoms with Gasteiger partial charge in [0.2, 0.25) is 0 Å². The zero-order valence-electron chi connectivity index (χ0n) is 7.05. The highest BCUT2D eigenvalue weighted by Crippen LogP contribution is 2.18. The van der Waals surface area contributed by atoms with E-state index in [1.807, 2.05) is 24.3 Å². The van der Waals surface area contributed by atoms with Crippen LogP contribution in [0.4, 0.5) is 0 Å². The molecule has 0 aromatic heterocycles. The van der Waals surface area contributed by atoms with E-state index in [0.29, 0.717) is 0 Å². The molecule has 2 nitrogen and oxygen atoms in total. The number of benzene rings is 1. The standard InChI is InChI=1S/C9H13ClN2/c1-2-9(12-11)7-4-3-5-8(10)6-7/h3-6,9,12H,2,11H2,1H3/t9-/m0/s1. The number of nitrogens with one attached hydrogen (secondary N) is 1. The molecule has 0 heterocycles. The maximum Gasteiger partial charge on any atom is 0.0457 e. The van der Waals surface area contributed by atoms with Crippen molar-refractivity contribution in [3.63, 3.8) is 0 Å². The van der Waals surface area contributed by atoms with E-state index in [1.54, 1.807) is 0 Å². The number of hydrogen-bond acceptors (Lipinski definition) is 2. The Kier molecular flexibility index (Phi) is 3.53. The van der Waals surface area contributed by atoms with Crippen LogP contribution < -0.4 is 11.3 Å². The number of halogens is 1. The molecule has 0 aliphatic carbocycles. The van der Waals surface area contributed by atoms with E-state index in [0.717, 1.165) is 17.0 Å². The quantitative estimate of drug-likeness (QED) is 0.559.